The maximum absolute atomic E-state index is 11.7. The number of hydrogen-bond donors (Lipinski definition) is 0. The molecule has 0 aromatic carbocycles. The predicted molar refractivity (Wildman–Crippen MR) is 56.9 cm³/mol. The summed E-state index contributed by atoms with van der Waals surface area (Å²) < 4.78 is 4.75. The van der Waals surface area contributed by atoms with Gasteiger partial charge in [-0.05, 0) is 37.7 Å². The first-order chi connectivity index (χ1) is 7.21. The summed E-state index contributed by atoms with van der Waals surface area (Å²) in [6.07, 6.45) is 6.55. The van der Waals surface area contributed by atoms with Gasteiger partial charge in [-0.2, -0.15) is 5.26 Å². The van der Waals surface area contributed by atoms with E-state index in [9.17, 15) is 10.1 Å². The largest absolute Gasteiger partial charge is 0.468 e. The van der Waals surface area contributed by atoms with Crippen LogP contribution in [-0.2, 0) is 9.53 Å². The molecule has 0 amide bonds. The fraction of sp³-hybridized carbons (Fsp3) is 0.667. The fourth-order valence-corrected chi connectivity index (χ4v) is 2.10. The third-order valence-electron chi connectivity index (χ3n) is 3.09. The number of ether oxygens (including phenoxy) is 1. The first kappa shape index (κ1) is 11.8. The van der Waals surface area contributed by atoms with Crippen LogP contribution < -0.4 is 0 Å². The van der Waals surface area contributed by atoms with E-state index >= 15 is 0 Å². The molecule has 3 heteroatoms. The van der Waals surface area contributed by atoms with Crippen LogP contribution in [0.3, 0.4) is 0 Å². The number of rotatable bonds is 3. The molecule has 0 N–H and O–H groups in total. The molecule has 0 radical (unpaired) electrons. The van der Waals surface area contributed by atoms with Crippen molar-refractivity contribution in [2.45, 2.75) is 39.0 Å². The lowest BCUT2D eigenvalue weighted by molar-refractivity contribution is -0.147. The van der Waals surface area contributed by atoms with E-state index in [1.807, 2.05) is 13.0 Å². The van der Waals surface area contributed by atoms with Gasteiger partial charge in [0.1, 0.15) is 0 Å². The van der Waals surface area contributed by atoms with E-state index < -0.39 is 11.4 Å². The molecule has 0 fully saturated rings. The second kappa shape index (κ2) is 4.97. The predicted octanol–water partition coefficient (Wildman–Crippen LogP) is 2.58. The van der Waals surface area contributed by atoms with Crippen LogP contribution in [0.5, 0.6) is 0 Å². The molecule has 0 heterocycles. The number of nitriles is 1. The van der Waals surface area contributed by atoms with Crippen LogP contribution in [-0.4, -0.2) is 13.1 Å². The monoisotopic (exact) mass is 207 g/mol. The standard InChI is InChI=1S/C12H17NO2/c1-3-12(9-13,11(14)15-2)10-7-5-4-6-8-10/h7H,3-6,8H2,1-2H3/t12-/m0/s1. The maximum Gasteiger partial charge on any atom is 0.330 e. The Morgan fingerprint density at radius 3 is 2.80 bits per heavy atom. The van der Waals surface area contributed by atoms with E-state index in [-0.39, 0.29) is 0 Å². The second-order valence-corrected chi connectivity index (χ2v) is 3.84. The van der Waals surface area contributed by atoms with Crippen molar-refractivity contribution in [2.24, 2.45) is 5.41 Å². The minimum absolute atomic E-state index is 0.416. The van der Waals surface area contributed by atoms with Crippen molar-refractivity contribution in [1.82, 2.24) is 0 Å². The van der Waals surface area contributed by atoms with Crippen molar-refractivity contribution in [3.63, 3.8) is 0 Å². The molecule has 3 nitrogen and oxygen atoms in total. The molecule has 0 spiro atoms. The molecule has 15 heavy (non-hydrogen) atoms. The molecule has 0 saturated carbocycles. The van der Waals surface area contributed by atoms with Gasteiger partial charge in [-0.25, -0.2) is 4.79 Å². The molecule has 82 valence electrons. The number of carbonyl (C=O) groups excluding carboxylic acids is 1. The number of allylic oxidation sites excluding steroid dienone is 1. The smallest absolute Gasteiger partial charge is 0.330 e. The van der Waals surface area contributed by atoms with Gasteiger partial charge in [-0.1, -0.05) is 13.0 Å². The van der Waals surface area contributed by atoms with Crippen molar-refractivity contribution in [2.75, 3.05) is 7.11 Å². The lowest BCUT2D eigenvalue weighted by Crippen LogP contribution is -2.33. The molecule has 1 aliphatic carbocycles. The number of nitrogens with zero attached hydrogens (tertiary/aromatic N) is 1. The van der Waals surface area contributed by atoms with Gasteiger partial charge >= 0.3 is 5.97 Å². The van der Waals surface area contributed by atoms with Crippen molar-refractivity contribution in [3.05, 3.63) is 11.6 Å². The minimum atomic E-state index is -1.03. The highest BCUT2D eigenvalue weighted by atomic mass is 16.5. The Morgan fingerprint density at radius 2 is 2.40 bits per heavy atom. The number of methoxy groups -OCH3 is 1. The number of hydrogen-bond acceptors (Lipinski definition) is 3. The van der Waals surface area contributed by atoms with Crippen molar-refractivity contribution >= 4 is 5.97 Å². The third kappa shape index (κ3) is 2.04. The topological polar surface area (TPSA) is 50.1 Å². The van der Waals surface area contributed by atoms with Gasteiger partial charge < -0.3 is 4.74 Å². The number of carbonyl (C=O) groups is 1. The van der Waals surface area contributed by atoms with E-state index in [4.69, 9.17) is 4.74 Å². The zero-order chi connectivity index (χ0) is 11.3. The number of esters is 1. The molecule has 0 aliphatic heterocycles. The third-order valence-corrected chi connectivity index (χ3v) is 3.09. The fourth-order valence-electron chi connectivity index (χ4n) is 2.10. The maximum atomic E-state index is 11.7. The summed E-state index contributed by atoms with van der Waals surface area (Å²) in [4.78, 5) is 11.7. The molecule has 0 aromatic heterocycles. The van der Waals surface area contributed by atoms with Crippen molar-refractivity contribution in [3.8, 4) is 6.07 Å². The Bertz CT molecular complexity index is 314. The second-order valence-electron chi connectivity index (χ2n) is 3.84. The highest BCUT2D eigenvalue weighted by Crippen LogP contribution is 2.37. The molecule has 0 bridgehead atoms. The van der Waals surface area contributed by atoms with Gasteiger partial charge in [0.05, 0.1) is 13.2 Å². The first-order valence-electron chi connectivity index (χ1n) is 5.40. The van der Waals surface area contributed by atoms with Gasteiger partial charge in [0.2, 0.25) is 0 Å². The van der Waals surface area contributed by atoms with E-state index in [0.29, 0.717) is 6.42 Å². The molecule has 1 aliphatic rings. The van der Waals surface area contributed by atoms with Crippen LogP contribution >= 0.6 is 0 Å². The van der Waals surface area contributed by atoms with Crippen LogP contribution in [0.1, 0.15) is 39.0 Å². The molecule has 0 unspecified atom stereocenters. The summed E-state index contributed by atoms with van der Waals surface area (Å²) in [5.74, 6) is -0.416. The van der Waals surface area contributed by atoms with E-state index in [0.717, 1.165) is 31.3 Å². The molecular weight excluding hydrogens is 190 g/mol. The summed E-state index contributed by atoms with van der Waals surface area (Å²) in [7, 11) is 1.34. The molecule has 0 saturated heterocycles. The Hall–Kier alpha value is -1.30. The summed E-state index contributed by atoms with van der Waals surface area (Å²) in [5.41, 5.74) is -0.0829. The molecular formula is C12H17NO2. The van der Waals surface area contributed by atoms with Gasteiger partial charge in [0, 0.05) is 0 Å². The van der Waals surface area contributed by atoms with Crippen LogP contribution in [0.4, 0.5) is 0 Å². The Kier molecular flexibility index (Phi) is 3.90. The van der Waals surface area contributed by atoms with Crippen LogP contribution in [0.25, 0.3) is 0 Å². The zero-order valence-corrected chi connectivity index (χ0v) is 9.38. The van der Waals surface area contributed by atoms with Crippen LogP contribution in [0.15, 0.2) is 11.6 Å². The summed E-state index contributed by atoms with van der Waals surface area (Å²) >= 11 is 0. The summed E-state index contributed by atoms with van der Waals surface area (Å²) in [5, 5.41) is 9.24. The highest BCUT2D eigenvalue weighted by molar-refractivity contribution is 5.83. The van der Waals surface area contributed by atoms with E-state index in [2.05, 4.69) is 6.07 Å². The van der Waals surface area contributed by atoms with Gasteiger partial charge in [0.15, 0.2) is 5.41 Å². The van der Waals surface area contributed by atoms with Crippen molar-refractivity contribution in [1.29, 1.82) is 5.26 Å². The Balaban J connectivity index is 3.05. The van der Waals surface area contributed by atoms with Crippen LogP contribution in [0, 0.1) is 16.7 Å². The Morgan fingerprint density at radius 1 is 1.67 bits per heavy atom. The molecule has 1 atom stereocenters. The van der Waals surface area contributed by atoms with E-state index in [1.54, 1.807) is 0 Å². The highest BCUT2D eigenvalue weighted by Gasteiger charge is 2.41. The lowest BCUT2D eigenvalue weighted by atomic mass is 9.74. The van der Waals surface area contributed by atoms with Gasteiger partial charge in [0.25, 0.3) is 0 Å². The Labute approximate surface area is 90.7 Å². The average Bonchev–Trinajstić information content (AvgIpc) is 2.32. The summed E-state index contributed by atoms with van der Waals surface area (Å²) in [6.45, 7) is 1.86. The molecule has 1 rings (SSSR count). The zero-order valence-electron chi connectivity index (χ0n) is 9.38. The normalized spacial score (nSPS) is 19.7. The van der Waals surface area contributed by atoms with E-state index in [1.165, 1.54) is 7.11 Å². The SMILES string of the molecule is CC[C@@](C#N)(C(=O)OC)C1=CCCCC1. The van der Waals surface area contributed by atoms with Crippen LogP contribution in [0.2, 0.25) is 0 Å². The minimum Gasteiger partial charge on any atom is -0.468 e. The van der Waals surface area contributed by atoms with Gasteiger partial charge in [-0.3, -0.25) is 0 Å². The van der Waals surface area contributed by atoms with Gasteiger partial charge in [-0.15, -0.1) is 0 Å². The lowest BCUT2D eigenvalue weighted by Gasteiger charge is -2.27. The average molecular weight is 207 g/mol. The quantitative estimate of drug-likeness (QED) is 0.528. The van der Waals surface area contributed by atoms with Crippen molar-refractivity contribution < 1.29 is 9.53 Å². The molecule has 0 aromatic rings. The summed E-state index contributed by atoms with van der Waals surface area (Å²) in [6, 6.07) is 2.14. The first-order valence-corrected chi connectivity index (χ1v) is 5.40.